The van der Waals surface area contributed by atoms with E-state index < -0.39 is 0 Å². The zero-order chi connectivity index (χ0) is 23.1. The number of rotatable bonds is 3. The van der Waals surface area contributed by atoms with Crippen LogP contribution in [-0.2, 0) is 0 Å². The van der Waals surface area contributed by atoms with Gasteiger partial charge in [-0.25, -0.2) is 15.0 Å². The zero-order valence-corrected chi connectivity index (χ0v) is 18.7. The van der Waals surface area contributed by atoms with Gasteiger partial charge in [0.05, 0.1) is 0 Å². The Kier molecular flexibility index (Phi) is 4.92. The van der Waals surface area contributed by atoms with E-state index in [0.717, 1.165) is 33.0 Å². The van der Waals surface area contributed by atoms with Crippen molar-refractivity contribution in [2.45, 2.75) is 6.92 Å². The predicted molar refractivity (Wildman–Crippen MR) is 141 cm³/mol. The topological polar surface area (TPSA) is 38.7 Å². The first-order chi connectivity index (χ1) is 16.6. The number of fused-ring (bicyclic) bond motifs is 2. The third-order valence-electron chi connectivity index (χ3n) is 6.01. The number of benzene rings is 5. The molecule has 1 aromatic heterocycles. The fourth-order valence-electron chi connectivity index (χ4n) is 4.36. The lowest BCUT2D eigenvalue weighted by Gasteiger charge is -2.11. The summed E-state index contributed by atoms with van der Waals surface area (Å²) >= 11 is 0. The Morgan fingerprint density at radius 3 is 1.44 bits per heavy atom. The SMILES string of the molecule is [B]c1cc(C)cc(-c2nc(-c3ccc4ccccc4c3)nc(-c3ccc4ccccc4c3)n2)c1. The van der Waals surface area contributed by atoms with Crippen molar-refractivity contribution < 1.29 is 0 Å². The molecule has 0 N–H and O–H groups in total. The summed E-state index contributed by atoms with van der Waals surface area (Å²) in [6.07, 6.45) is 0. The van der Waals surface area contributed by atoms with E-state index in [9.17, 15) is 0 Å². The van der Waals surface area contributed by atoms with E-state index in [1.807, 2.05) is 43.3 Å². The molecule has 0 bridgehead atoms. The summed E-state index contributed by atoms with van der Waals surface area (Å²) in [5.74, 6) is 1.88. The minimum Gasteiger partial charge on any atom is -0.208 e. The van der Waals surface area contributed by atoms with Crippen molar-refractivity contribution in [3.05, 3.63) is 109 Å². The van der Waals surface area contributed by atoms with E-state index in [4.69, 9.17) is 22.8 Å². The van der Waals surface area contributed by atoms with Gasteiger partial charge in [0.25, 0.3) is 0 Å². The Bertz CT molecular complexity index is 1570. The number of hydrogen-bond acceptors (Lipinski definition) is 3. The maximum absolute atomic E-state index is 6.15. The highest BCUT2D eigenvalue weighted by atomic mass is 15.0. The summed E-state index contributed by atoms with van der Waals surface area (Å²) in [7, 11) is 6.15. The first kappa shape index (κ1) is 20.3. The molecule has 5 aromatic carbocycles. The normalized spacial score (nSPS) is 11.2. The smallest absolute Gasteiger partial charge is 0.164 e. The largest absolute Gasteiger partial charge is 0.208 e. The molecule has 1 heterocycles. The van der Waals surface area contributed by atoms with E-state index in [1.54, 1.807) is 0 Å². The summed E-state index contributed by atoms with van der Waals surface area (Å²) in [6, 6.07) is 35.1. The highest BCUT2D eigenvalue weighted by molar-refractivity contribution is 6.32. The molecule has 3 nitrogen and oxygen atoms in total. The molecule has 0 aliphatic carbocycles. The van der Waals surface area contributed by atoms with Gasteiger partial charge in [-0.2, -0.15) is 0 Å². The molecule has 0 unspecified atom stereocenters. The first-order valence-electron chi connectivity index (χ1n) is 11.2. The second-order valence-electron chi connectivity index (χ2n) is 8.56. The Hall–Kier alpha value is -4.31. The summed E-state index contributed by atoms with van der Waals surface area (Å²) < 4.78 is 0. The van der Waals surface area contributed by atoms with Crippen molar-refractivity contribution in [1.82, 2.24) is 15.0 Å². The molecule has 158 valence electrons. The van der Waals surface area contributed by atoms with Crippen molar-refractivity contribution in [1.29, 1.82) is 0 Å². The van der Waals surface area contributed by atoms with Crippen molar-refractivity contribution >= 4 is 34.9 Å². The van der Waals surface area contributed by atoms with Crippen LogP contribution in [0.4, 0.5) is 0 Å². The molecular weight excluding hydrogens is 413 g/mol. The molecule has 34 heavy (non-hydrogen) atoms. The zero-order valence-electron chi connectivity index (χ0n) is 18.7. The van der Waals surface area contributed by atoms with Crippen LogP contribution in [0, 0.1) is 6.92 Å². The van der Waals surface area contributed by atoms with Crippen molar-refractivity contribution in [3.8, 4) is 34.2 Å². The van der Waals surface area contributed by atoms with E-state index in [-0.39, 0.29) is 0 Å². The van der Waals surface area contributed by atoms with Gasteiger partial charge < -0.3 is 0 Å². The minimum atomic E-state index is 0.608. The summed E-state index contributed by atoms with van der Waals surface area (Å²) in [5, 5.41) is 4.66. The van der Waals surface area contributed by atoms with Gasteiger partial charge in [0.15, 0.2) is 17.5 Å². The Morgan fingerprint density at radius 2 is 0.941 bits per heavy atom. The number of nitrogens with zero attached hydrogens (tertiary/aromatic N) is 3. The third-order valence-corrected chi connectivity index (χ3v) is 6.01. The fourth-order valence-corrected chi connectivity index (χ4v) is 4.36. The summed E-state index contributed by atoms with van der Waals surface area (Å²) in [5.41, 5.74) is 4.53. The van der Waals surface area contributed by atoms with E-state index in [0.29, 0.717) is 22.9 Å². The van der Waals surface area contributed by atoms with Gasteiger partial charge in [0.2, 0.25) is 0 Å². The second-order valence-corrected chi connectivity index (χ2v) is 8.56. The Labute approximate surface area is 199 Å². The van der Waals surface area contributed by atoms with E-state index in [2.05, 4.69) is 66.7 Å². The van der Waals surface area contributed by atoms with Crippen LogP contribution in [0.3, 0.4) is 0 Å². The molecule has 6 rings (SSSR count). The maximum Gasteiger partial charge on any atom is 0.164 e. The average molecular weight is 433 g/mol. The van der Waals surface area contributed by atoms with Crippen LogP contribution in [0.5, 0.6) is 0 Å². The molecule has 0 aliphatic rings. The Morgan fingerprint density at radius 1 is 0.471 bits per heavy atom. The molecule has 0 atom stereocenters. The lowest BCUT2D eigenvalue weighted by molar-refractivity contribution is 1.07. The Balaban J connectivity index is 1.58. The lowest BCUT2D eigenvalue weighted by atomic mass is 9.92. The highest BCUT2D eigenvalue weighted by Crippen LogP contribution is 2.28. The van der Waals surface area contributed by atoms with Crippen molar-refractivity contribution in [2.75, 3.05) is 0 Å². The van der Waals surface area contributed by atoms with Gasteiger partial charge in [-0.1, -0.05) is 96.0 Å². The molecule has 0 aliphatic heterocycles. The third kappa shape index (κ3) is 3.84. The number of hydrogen-bond donors (Lipinski definition) is 0. The van der Waals surface area contributed by atoms with Crippen LogP contribution in [0.1, 0.15) is 5.56 Å². The molecule has 0 spiro atoms. The maximum atomic E-state index is 6.15. The molecule has 2 radical (unpaired) electrons. The van der Waals surface area contributed by atoms with E-state index in [1.165, 1.54) is 10.8 Å². The van der Waals surface area contributed by atoms with Crippen molar-refractivity contribution in [2.24, 2.45) is 0 Å². The summed E-state index contributed by atoms with van der Waals surface area (Å²) in [6.45, 7) is 2.02. The van der Waals surface area contributed by atoms with Gasteiger partial charge in [0.1, 0.15) is 7.85 Å². The molecule has 6 aromatic rings. The van der Waals surface area contributed by atoms with Crippen LogP contribution >= 0.6 is 0 Å². The molecule has 0 amide bonds. The first-order valence-corrected chi connectivity index (χ1v) is 11.2. The van der Waals surface area contributed by atoms with Crippen LogP contribution < -0.4 is 5.46 Å². The predicted octanol–water partition coefficient (Wildman–Crippen LogP) is 6.28. The summed E-state index contributed by atoms with van der Waals surface area (Å²) in [4.78, 5) is 14.7. The number of aryl methyl sites for hydroxylation is 1. The van der Waals surface area contributed by atoms with Gasteiger partial charge in [0, 0.05) is 16.7 Å². The number of aromatic nitrogens is 3. The van der Waals surface area contributed by atoms with Crippen LogP contribution in [0.25, 0.3) is 55.7 Å². The van der Waals surface area contributed by atoms with Gasteiger partial charge in [-0.05, 0) is 46.7 Å². The fraction of sp³-hybridized carbons (Fsp3) is 0.0333. The van der Waals surface area contributed by atoms with Gasteiger partial charge >= 0.3 is 0 Å². The molecule has 4 heteroatoms. The molecule has 0 saturated carbocycles. The minimum absolute atomic E-state index is 0.608. The van der Waals surface area contributed by atoms with E-state index >= 15 is 0 Å². The van der Waals surface area contributed by atoms with Crippen LogP contribution in [-0.4, -0.2) is 22.8 Å². The van der Waals surface area contributed by atoms with Crippen molar-refractivity contribution in [3.63, 3.8) is 0 Å². The lowest BCUT2D eigenvalue weighted by Crippen LogP contribution is -2.05. The quantitative estimate of drug-likeness (QED) is 0.308. The standard InChI is InChI=1S/C30H20BN3/c1-19-14-26(18-27(31)15-19)30-33-28(24-12-10-20-6-2-4-8-22(20)16-24)32-29(34-30)25-13-11-21-7-3-5-9-23(21)17-25/h2-18H,1H3. The van der Waals surface area contributed by atoms with Gasteiger partial charge in [-0.3, -0.25) is 0 Å². The van der Waals surface area contributed by atoms with Crippen LogP contribution in [0.15, 0.2) is 103 Å². The average Bonchev–Trinajstić information content (AvgIpc) is 2.87. The molecule has 0 saturated heterocycles. The molecular formula is C30H20BN3. The highest BCUT2D eigenvalue weighted by Gasteiger charge is 2.13. The second kappa shape index (κ2) is 8.24. The molecule has 0 fully saturated rings. The van der Waals surface area contributed by atoms with Crippen LogP contribution in [0.2, 0.25) is 0 Å². The monoisotopic (exact) mass is 433 g/mol. The van der Waals surface area contributed by atoms with Gasteiger partial charge in [-0.15, -0.1) is 0 Å².